The maximum Gasteiger partial charge on any atom is 0.310 e. The Labute approximate surface area is 146 Å². The summed E-state index contributed by atoms with van der Waals surface area (Å²) in [6, 6.07) is 8.29. The van der Waals surface area contributed by atoms with Gasteiger partial charge in [0.15, 0.2) is 4.96 Å². The molecule has 3 aromatic rings. The fourth-order valence-electron chi connectivity index (χ4n) is 2.24. The molecule has 0 aliphatic rings. The summed E-state index contributed by atoms with van der Waals surface area (Å²) >= 11 is 1.34. The lowest BCUT2D eigenvalue weighted by molar-refractivity contribution is -0.144. The average Bonchev–Trinajstić information content (AvgIpc) is 3.03. The van der Waals surface area contributed by atoms with Crippen LogP contribution in [0.15, 0.2) is 46.7 Å². The maximum absolute atomic E-state index is 11.9. The second-order valence-corrected chi connectivity index (χ2v) is 6.23. The van der Waals surface area contributed by atoms with Crippen molar-refractivity contribution in [1.29, 1.82) is 0 Å². The first kappa shape index (κ1) is 16.8. The van der Waals surface area contributed by atoms with E-state index >= 15 is 0 Å². The smallest absolute Gasteiger partial charge is 0.310 e. The molecule has 1 N–H and O–H groups in total. The van der Waals surface area contributed by atoms with Gasteiger partial charge in [0.2, 0.25) is 5.91 Å². The molecule has 0 saturated carbocycles. The largest absolute Gasteiger partial charge is 0.459 e. The molecule has 25 heavy (non-hydrogen) atoms. The van der Waals surface area contributed by atoms with Crippen molar-refractivity contribution in [3.05, 3.63) is 63.5 Å². The lowest BCUT2D eigenvalue weighted by Crippen LogP contribution is -2.15. The van der Waals surface area contributed by atoms with Gasteiger partial charge in [-0.25, -0.2) is 4.98 Å². The zero-order chi connectivity index (χ0) is 17.8. The van der Waals surface area contributed by atoms with Gasteiger partial charge >= 0.3 is 5.97 Å². The molecule has 0 unspecified atom stereocenters. The Morgan fingerprint density at radius 2 is 2.04 bits per heavy atom. The lowest BCUT2D eigenvalue weighted by atomic mass is 10.1. The van der Waals surface area contributed by atoms with E-state index in [0.717, 1.165) is 5.56 Å². The van der Waals surface area contributed by atoms with Crippen molar-refractivity contribution in [2.24, 2.45) is 0 Å². The highest BCUT2D eigenvalue weighted by Gasteiger charge is 2.08. The Balaban J connectivity index is 1.58. The van der Waals surface area contributed by atoms with E-state index < -0.39 is 5.97 Å². The van der Waals surface area contributed by atoms with E-state index in [1.165, 1.54) is 28.7 Å². The number of thiazole rings is 1. The van der Waals surface area contributed by atoms with Gasteiger partial charge in [-0.05, 0) is 17.7 Å². The minimum Gasteiger partial charge on any atom is -0.459 e. The second-order valence-electron chi connectivity index (χ2n) is 5.36. The van der Waals surface area contributed by atoms with Gasteiger partial charge in [0.1, 0.15) is 6.61 Å². The molecule has 3 rings (SSSR count). The molecule has 0 aliphatic carbocycles. The van der Waals surface area contributed by atoms with Gasteiger partial charge in [0, 0.05) is 30.3 Å². The molecular weight excluding hydrogens is 342 g/mol. The fraction of sp³-hybridized carbons (Fsp3) is 0.176. The Morgan fingerprint density at radius 3 is 2.76 bits per heavy atom. The number of benzene rings is 1. The highest BCUT2D eigenvalue weighted by atomic mass is 32.1. The Hall–Kier alpha value is -3.00. The molecule has 0 spiro atoms. The zero-order valence-electron chi connectivity index (χ0n) is 13.4. The van der Waals surface area contributed by atoms with Gasteiger partial charge in [0.05, 0.1) is 12.1 Å². The summed E-state index contributed by atoms with van der Waals surface area (Å²) in [4.78, 5) is 39.6. The summed E-state index contributed by atoms with van der Waals surface area (Å²) in [7, 11) is 0. The number of nitrogens with one attached hydrogen (secondary N) is 1. The second kappa shape index (κ2) is 7.27. The zero-order valence-corrected chi connectivity index (χ0v) is 14.2. The van der Waals surface area contributed by atoms with Gasteiger partial charge < -0.3 is 10.1 Å². The number of carbonyl (C=O) groups excluding carboxylic acids is 2. The van der Waals surface area contributed by atoms with Crippen molar-refractivity contribution in [2.45, 2.75) is 20.0 Å². The highest BCUT2D eigenvalue weighted by Crippen LogP contribution is 2.11. The standard InChI is InChI=1S/C17H15N3O4S/c1-11(21)18-13-4-2-12(3-5-13)8-16(23)24-10-14-9-15(22)20-6-7-25-17(20)19-14/h2-7,9H,8,10H2,1H3,(H,18,21). The van der Waals surface area contributed by atoms with E-state index in [9.17, 15) is 14.4 Å². The van der Waals surface area contributed by atoms with E-state index in [0.29, 0.717) is 16.3 Å². The van der Waals surface area contributed by atoms with Crippen molar-refractivity contribution in [2.75, 3.05) is 5.32 Å². The number of amides is 1. The summed E-state index contributed by atoms with van der Waals surface area (Å²) < 4.78 is 6.63. The van der Waals surface area contributed by atoms with E-state index in [2.05, 4.69) is 10.3 Å². The summed E-state index contributed by atoms with van der Waals surface area (Å²) in [5, 5.41) is 4.42. The third-order valence-corrected chi connectivity index (χ3v) is 4.12. The number of ether oxygens (including phenoxy) is 1. The molecule has 7 nitrogen and oxygen atoms in total. The maximum atomic E-state index is 11.9. The number of hydrogen-bond donors (Lipinski definition) is 1. The predicted molar refractivity (Wildman–Crippen MR) is 93.6 cm³/mol. The van der Waals surface area contributed by atoms with Crippen LogP contribution in [-0.4, -0.2) is 21.3 Å². The number of hydrogen-bond acceptors (Lipinski definition) is 6. The van der Waals surface area contributed by atoms with Crippen molar-refractivity contribution in [3.8, 4) is 0 Å². The molecule has 0 radical (unpaired) electrons. The fourth-order valence-corrected chi connectivity index (χ4v) is 2.98. The molecule has 0 atom stereocenters. The first-order valence-corrected chi connectivity index (χ1v) is 8.37. The SMILES string of the molecule is CC(=O)Nc1ccc(CC(=O)OCc2cc(=O)n3ccsc3n2)cc1. The van der Waals surface area contributed by atoms with Crippen LogP contribution in [0.3, 0.4) is 0 Å². The first-order valence-electron chi connectivity index (χ1n) is 7.49. The average molecular weight is 357 g/mol. The van der Waals surface area contributed by atoms with Crippen LogP contribution in [0.1, 0.15) is 18.2 Å². The van der Waals surface area contributed by atoms with E-state index in [1.54, 1.807) is 35.8 Å². The number of aromatic nitrogens is 2. The Morgan fingerprint density at radius 1 is 1.28 bits per heavy atom. The number of anilines is 1. The van der Waals surface area contributed by atoms with Crippen LogP contribution in [-0.2, 0) is 27.4 Å². The molecule has 8 heteroatoms. The molecule has 0 aliphatic heterocycles. The van der Waals surface area contributed by atoms with Crippen LogP contribution in [0.5, 0.6) is 0 Å². The number of fused-ring (bicyclic) bond motifs is 1. The summed E-state index contributed by atoms with van der Waals surface area (Å²) in [5.74, 6) is -0.571. The van der Waals surface area contributed by atoms with Gasteiger partial charge in [-0.2, -0.15) is 0 Å². The number of rotatable bonds is 5. The minimum atomic E-state index is -0.416. The van der Waals surface area contributed by atoms with Crippen LogP contribution < -0.4 is 10.9 Å². The molecule has 1 amide bonds. The molecule has 128 valence electrons. The van der Waals surface area contributed by atoms with Gasteiger partial charge in [-0.15, -0.1) is 11.3 Å². The number of carbonyl (C=O) groups is 2. The van der Waals surface area contributed by atoms with Crippen LogP contribution in [0.2, 0.25) is 0 Å². The number of nitrogens with zero attached hydrogens (tertiary/aromatic N) is 2. The highest BCUT2D eigenvalue weighted by molar-refractivity contribution is 7.15. The topological polar surface area (TPSA) is 89.8 Å². The third-order valence-electron chi connectivity index (χ3n) is 3.36. The van der Waals surface area contributed by atoms with Crippen LogP contribution in [0, 0.1) is 0 Å². The normalized spacial score (nSPS) is 10.6. The first-order chi connectivity index (χ1) is 12.0. The minimum absolute atomic E-state index is 0.0492. The summed E-state index contributed by atoms with van der Waals surface area (Å²) in [6.07, 6.45) is 1.75. The molecule has 0 bridgehead atoms. The molecule has 0 saturated heterocycles. The lowest BCUT2D eigenvalue weighted by Gasteiger charge is -2.06. The van der Waals surface area contributed by atoms with Crippen molar-refractivity contribution in [1.82, 2.24) is 9.38 Å². The molecule has 1 aromatic carbocycles. The van der Waals surface area contributed by atoms with Crippen molar-refractivity contribution in [3.63, 3.8) is 0 Å². The van der Waals surface area contributed by atoms with Crippen molar-refractivity contribution >= 4 is 33.9 Å². The summed E-state index contributed by atoms with van der Waals surface area (Å²) in [5.41, 5.74) is 1.65. The van der Waals surface area contributed by atoms with E-state index in [-0.39, 0.29) is 24.5 Å². The van der Waals surface area contributed by atoms with Crippen LogP contribution >= 0.6 is 11.3 Å². The monoisotopic (exact) mass is 357 g/mol. The molecule has 0 fully saturated rings. The number of esters is 1. The van der Waals surface area contributed by atoms with Gasteiger partial charge in [0.25, 0.3) is 5.56 Å². The quantitative estimate of drug-likeness (QED) is 0.706. The predicted octanol–water partition coefficient (Wildman–Crippen LogP) is 2.00. The van der Waals surface area contributed by atoms with Crippen LogP contribution in [0.25, 0.3) is 4.96 Å². The molecule has 2 aromatic heterocycles. The Bertz CT molecular complexity index is 975. The summed E-state index contributed by atoms with van der Waals surface area (Å²) in [6.45, 7) is 1.38. The van der Waals surface area contributed by atoms with Gasteiger partial charge in [-0.1, -0.05) is 12.1 Å². The van der Waals surface area contributed by atoms with E-state index in [1.807, 2.05) is 0 Å². The van der Waals surface area contributed by atoms with E-state index in [4.69, 9.17) is 4.74 Å². The molecule has 2 heterocycles. The van der Waals surface area contributed by atoms with Gasteiger partial charge in [-0.3, -0.25) is 18.8 Å². The van der Waals surface area contributed by atoms with Crippen LogP contribution in [0.4, 0.5) is 5.69 Å². The third kappa shape index (κ3) is 4.30. The Kier molecular flexibility index (Phi) is 4.90. The molecular formula is C17H15N3O4S. The van der Waals surface area contributed by atoms with Crippen molar-refractivity contribution < 1.29 is 14.3 Å².